The number of carbonyl (C=O) groups is 1. The maximum atomic E-state index is 10.9. The predicted molar refractivity (Wildman–Crippen MR) is 114 cm³/mol. The summed E-state index contributed by atoms with van der Waals surface area (Å²) < 4.78 is 5.92. The first-order chi connectivity index (χ1) is 14.6. The van der Waals surface area contributed by atoms with Gasteiger partial charge in [0.15, 0.2) is 0 Å². The molecule has 2 aliphatic rings. The van der Waals surface area contributed by atoms with Gasteiger partial charge in [-0.15, -0.1) is 0 Å². The molecule has 0 bridgehead atoms. The molecule has 156 valence electrons. The second-order valence-electron chi connectivity index (χ2n) is 8.53. The maximum absolute atomic E-state index is 10.9. The van der Waals surface area contributed by atoms with Crippen molar-refractivity contribution in [3.05, 3.63) is 64.7 Å². The number of benzene rings is 2. The molecule has 0 unspecified atom stereocenters. The van der Waals surface area contributed by atoms with Crippen molar-refractivity contribution in [2.45, 2.75) is 51.2 Å². The Kier molecular flexibility index (Phi) is 6.35. The topological polar surface area (TPSA) is 73.6 Å². The van der Waals surface area contributed by atoms with E-state index in [2.05, 4.69) is 23.1 Å². The van der Waals surface area contributed by atoms with Crippen LogP contribution in [0.5, 0.6) is 5.75 Å². The molecule has 4 rings (SSSR count). The highest BCUT2D eigenvalue weighted by atomic mass is 16.5. The van der Waals surface area contributed by atoms with Crippen molar-refractivity contribution in [2.24, 2.45) is 5.92 Å². The van der Waals surface area contributed by atoms with Crippen LogP contribution < -0.4 is 4.74 Å². The molecule has 5 nitrogen and oxygen atoms in total. The Morgan fingerprint density at radius 1 is 1.07 bits per heavy atom. The van der Waals surface area contributed by atoms with Gasteiger partial charge >= 0.3 is 5.97 Å². The molecule has 2 aromatic rings. The van der Waals surface area contributed by atoms with Crippen molar-refractivity contribution in [1.29, 1.82) is 5.26 Å². The van der Waals surface area contributed by atoms with Crippen LogP contribution in [-0.4, -0.2) is 29.1 Å². The molecule has 0 spiro atoms. The van der Waals surface area contributed by atoms with Crippen LogP contribution in [0.15, 0.2) is 42.5 Å². The summed E-state index contributed by atoms with van der Waals surface area (Å²) >= 11 is 0. The molecule has 1 aliphatic heterocycles. The highest BCUT2D eigenvalue weighted by molar-refractivity contribution is 5.71. The van der Waals surface area contributed by atoms with Crippen molar-refractivity contribution < 1.29 is 14.6 Å². The highest BCUT2D eigenvalue weighted by Gasteiger charge is 2.32. The fourth-order valence-corrected chi connectivity index (χ4v) is 4.53. The number of hydrogen-bond acceptors (Lipinski definition) is 4. The maximum Gasteiger partial charge on any atom is 0.309 e. The van der Waals surface area contributed by atoms with Crippen LogP contribution in [-0.2, 0) is 17.9 Å². The van der Waals surface area contributed by atoms with Gasteiger partial charge in [0.2, 0.25) is 0 Å². The van der Waals surface area contributed by atoms with Crippen LogP contribution in [0.2, 0.25) is 0 Å². The Morgan fingerprint density at radius 3 is 2.43 bits per heavy atom. The van der Waals surface area contributed by atoms with Crippen molar-refractivity contribution >= 4 is 5.97 Å². The monoisotopic (exact) mass is 404 g/mol. The normalized spacial score (nSPS) is 17.8. The lowest BCUT2D eigenvalue weighted by Crippen LogP contribution is -2.49. The summed E-state index contributed by atoms with van der Waals surface area (Å²) in [5.41, 5.74) is 4.14. The lowest BCUT2D eigenvalue weighted by atomic mass is 9.82. The first-order valence-corrected chi connectivity index (χ1v) is 10.8. The van der Waals surface area contributed by atoms with Crippen LogP contribution in [0.25, 0.3) is 0 Å². The smallest absolute Gasteiger partial charge is 0.309 e. The Balaban J connectivity index is 1.31. The quantitative estimate of drug-likeness (QED) is 0.724. The number of aliphatic carboxylic acids is 1. The second-order valence-corrected chi connectivity index (χ2v) is 8.53. The lowest BCUT2D eigenvalue weighted by molar-refractivity contribution is -0.147. The highest BCUT2D eigenvalue weighted by Crippen LogP contribution is 2.34. The van der Waals surface area contributed by atoms with Crippen molar-refractivity contribution in [2.75, 3.05) is 13.1 Å². The molecule has 2 fully saturated rings. The minimum Gasteiger partial charge on any atom is -0.489 e. The zero-order chi connectivity index (χ0) is 20.9. The molecule has 30 heavy (non-hydrogen) atoms. The van der Waals surface area contributed by atoms with E-state index in [0.29, 0.717) is 25.6 Å². The average Bonchev–Trinajstić information content (AvgIpc) is 2.75. The summed E-state index contributed by atoms with van der Waals surface area (Å²) in [5.74, 6) is 0.380. The zero-order valence-corrected chi connectivity index (χ0v) is 17.2. The number of rotatable bonds is 7. The number of carboxylic acid groups (broad SMARTS) is 1. The molecule has 0 amide bonds. The number of carboxylic acids is 1. The molecule has 0 aromatic heterocycles. The molecular formula is C25H28N2O3. The molecule has 0 atom stereocenters. The zero-order valence-electron chi connectivity index (χ0n) is 17.2. The van der Waals surface area contributed by atoms with Gasteiger partial charge in [-0.25, -0.2) is 0 Å². The fraction of sp³-hybridized carbons (Fsp3) is 0.440. The van der Waals surface area contributed by atoms with E-state index in [4.69, 9.17) is 9.84 Å². The van der Waals surface area contributed by atoms with Crippen molar-refractivity contribution in [1.82, 2.24) is 4.90 Å². The summed E-state index contributed by atoms with van der Waals surface area (Å²) in [5, 5.41) is 18.6. The standard InChI is InChI=1S/C25H28N2O3/c26-13-21-12-19(8-11-24(21)20-4-2-1-3-5-20)17-30-23-9-6-18(7-10-23)14-27-15-22(16-27)25(28)29/h6-12,20,22H,1-5,14-17H2,(H,28,29). The number of likely N-dealkylation sites (tertiary alicyclic amines) is 1. The molecule has 2 aromatic carbocycles. The van der Waals surface area contributed by atoms with E-state index in [9.17, 15) is 10.1 Å². The first kappa shape index (κ1) is 20.4. The number of ether oxygens (including phenoxy) is 1. The third kappa shape index (κ3) is 4.83. The average molecular weight is 405 g/mol. The Hall–Kier alpha value is -2.84. The lowest BCUT2D eigenvalue weighted by Gasteiger charge is -2.36. The van der Waals surface area contributed by atoms with E-state index >= 15 is 0 Å². The Morgan fingerprint density at radius 2 is 1.77 bits per heavy atom. The molecule has 1 saturated heterocycles. The molecule has 5 heteroatoms. The molecule has 0 radical (unpaired) electrons. The van der Waals surface area contributed by atoms with Gasteiger partial charge in [0.25, 0.3) is 0 Å². The third-order valence-electron chi connectivity index (χ3n) is 6.32. The minimum atomic E-state index is -0.707. The number of nitriles is 1. The van der Waals surface area contributed by atoms with Gasteiger partial charge in [-0.3, -0.25) is 9.69 Å². The van der Waals surface area contributed by atoms with Crippen molar-refractivity contribution in [3.63, 3.8) is 0 Å². The second kappa shape index (κ2) is 9.32. The fourth-order valence-electron chi connectivity index (χ4n) is 4.53. The summed E-state index contributed by atoms with van der Waals surface area (Å²) in [6, 6.07) is 16.5. The number of hydrogen-bond donors (Lipinski definition) is 1. The summed E-state index contributed by atoms with van der Waals surface area (Å²) in [7, 11) is 0. The molecule has 1 aliphatic carbocycles. The minimum absolute atomic E-state index is 0.226. The SMILES string of the molecule is N#Cc1cc(COc2ccc(CN3CC(C(=O)O)C3)cc2)ccc1C1CCCCC1. The Bertz CT molecular complexity index is 920. The van der Waals surface area contributed by atoms with Gasteiger partial charge < -0.3 is 9.84 Å². The van der Waals surface area contributed by atoms with Crippen LogP contribution in [0.1, 0.15) is 60.3 Å². The van der Waals surface area contributed by atoms with Crippen molar-refractivity contribution in [3.8, 4) is 11.8 Å². The van der Waals surface area contributed by atoms with E-state index in [1.165, 1.54) is 37.7 Å². The van der Waals surface area contributed by atoms with Crippen LogP contribution in [0.3, 0.4) is 0 Å². The van der Waals surface area contributed by atoms with Crippen LogP contribution in [0.4, 0.5) is 0 Å². The largest absolute Gasteiger partial charge is 0.489 e. The molecular weight excluding hydrogens is 376 g/mol. The summed E-state index contributed by atoms with van der Waals surface area (Å²) in [6.07, 6.45) is 6.20. The van der Waals surface area contributed by atoms with Crippen LogP contribution in [0, 0.1) is 17.2 Å². The van der Waals surface area contributed by atoms with Gasteiger partial charge in [-0.05, 0) is 53.6 Å². The van der Waals surface area contributed by atoms with Gasteiger partial charge in [-0.1, -0.05) is 43.5 Å². The van der Waals surface area contributed by atoms with Gasteiger partial charge in [-0.2, -0.15) is 5.26 Å². The molecule has 1 N–H and O–H groups in total. The molecule has 1 saturated carbocycles. The van der Waals surface area contributed by atoms with E-state index in [0.717, 1.165) is 29.0 Å². The summed E-state index contributed by atoms with van der Waals surface area (Å²) in [4.78, 5) is 13.0. The Labute approximate surface area is 177 Å². The van der Waals surface area contributed by atoms with Gasteiger partial charge in [0.1, 0.15) is 12.4 Å². The van der Waals surface area contributed by atoms with E-state index < -0.39 is 5.97 Å². The number of nitrogens with zero attached hydrogens (tertiary/aromatic N) is 2. The van der Waals surface area contributed by atoms with E-state index in [1.54, 1.807) is 0 Å². The first-order valence-electron chi connectivity index (χ1n) is 10.8. The van der Waals surface area contributed by atoms with Crippen LogP contribution >= 0.6 is 0 Å². The molecule has 1 heterocycles. The third-order valence-corrected chi connectivity index (χ3v) is 6.32. The van der Waals surface area contributed by atoms with Gasteiger partial charge in [0.05, 0.1) is 17.6 Å². The van der Waals surface area contributed by atoms with Gasteiger partial charge in [0, 0.05) is 19.6 Å². The predicted octanol–water partition coefficient (Wildman–Crippen LogP) is 4.70. The van der Waals surface area contributed by atoms with E-state index in [1.807, 2.05) is 30.3 Å². The van der Waals surface area contributed by atoms with E-state index in [-0.39, 0.29) is 5.92 Å². The summed E-state index contributed by atoms with van der Waals surface area (Å²) in [6.45, 7) is 2.43.